The fourth-order valence-corrected chi connectivity index (χ4v) is 2.66. The number of carbonyl (C=O) groups excluding carboxylic acids is 1. The molecule has 1 amide bonds. The van der Waals surface area contributed by atoms with Crippen LogP contribution < -0.4 is 10.6 Å². The van der Waals surface area contributed by atoms with Crippen molar-refractivity contribution in [2.75, 3.05) is 12.4 Å². The summed E-state index contributed by atoms with van der Waals surface area (Å²) in [5.41, 5.74) is 1.74. The van der Waals surface area contributed by atoms with Gasteiger partial charge in [0, 0.05) is 19.3 Å². The Kier molecular flexibility index (Phi) is 2.34. The van der Waals surface area contributed by atoms with Gasteiger partial charge in [0.05, 0.1) is 11.9 Å². The predicted octanol–water partition coefficient (Wildman–Crippen LogP) is 0.984. The number of likely N-dealkylation sites (N-methyl/N-ethyl adjacent to an activating group) is 1. The van der Waals surface area contributed by atoms with Gasteiger partial charge in [-0.1, -0.05) is 0 Å². The first-order valence-corrected chi connectivity index (χ1v) is 6.19. The quantitative estimate of drug-likeness (QED) is 0.816. The highest BCUT2D eigenvalue weighted by atomic mass is 16.1. The molecular weight excluding hydrogens is 216 g/mol. The molecule has 1 aromatic heterocycles. The summed E-state index contributed by atoms with van der Waals surface area (Å²) in [5, 5.41) is 10.2. The molecule has 0 aliphatic heterocycles. The monoisotopic (exact) mass is 234 g/mol. The van der Waals surface area contributed by atoms with Gasteiger partial charge < -0.3 is 10.6 Å². The van der Waals surface area contributed by atoms with Crippen molar-refractivity contribution in [3.8, 4) is 0 Å². The fraction of sp³-hybridized carbons (Fsp3) is 0.667. The molecule has 5 heteroatoms. The van der Waals surface area contributed by atoms with Crippen LogP contribution in [0.25, 0.3) is 0 Å². The van der Waals surface area contributed by atoms with E-state index in [1.807, 2.05) is 6.20 Å². The summed E-state index contributed by atoms with van der Waals surface area (Å²) < 4.78 is 1.66. The molecule has 1 spiro atoms. The van der Waals surface area contributed by atoms with Gasteiger partial charge in [0.25, 0.3) is 0 Å². The lowest BCUT2D eigenvalue weighted by Crippen LogP contribution is -2.36. The summed E-state index contributed by atoms with van der Waals surface area (Å²) in [6.45, 7) is 0.285. The molecule has 0 saturated heterocycles. The Bertz CT molecular complexity index is 427. The lowest BCUT2D eigenvalue weighted by Gasteiger charge is -2.36. The van der Waals surface area contributed by atoms with Gasteiger partial charge in [-0.05, 0) is 31.1 Å². The standard InChI is InChI=1S/C12H18N4O/c1-13-11(17)8-16-7-10(6-14-16)15-9-4-12(5-9)2-3-12/h6-7,9,15H,2-5,8H2,1H3,(H,13,17). The molecule has 17 heavy (non-hydrogen) atoms. The van der Waals surface area contributed by atoms with Crippen molar-refractivity contribution in [1.29, 1.82) is 0 Å². The Morgan fingerprint density at radius 1 is 1.59 bits per heavy atom. The van der Waals surface area contributed by atoms with Crippen molar-refractivity contribution in [2.45, 2.75) is 38.3 Å². The van der Waals surface area contributed by atoms with E-state index in [4.69, 9.17) is 0 Å². The van der Waals surface area contributed by atoms with E-state index in [0.29, 0.717) is 6.04 Å². The van der Waals surface area contributed by atoms with Gasteiger partial charge in [0.2, 0.25) is 5.91 Å². The average molecular weight is 234 g/mol. The van der Waals surface area contributed by atoms with Crippen molar-refractivity contribution < 1.29 is 4.79 Å². The number of carbonyl (C=O) groups is 1. The van der Waals surface area contributed by atoms with Crippen LogP contribution in [0.15, 0.2) is 12.4 Å². The maximum absolute atomic E-state index is 11.2. The first-order chi connectivity index (χ1) is 8.19. The maximum Gasteiger partial charge on any atom is 0.241 e. The molecule has 1 aromatic rings. The lowest BCUT2D eigenvalue weighted by atomic mass is 9.77. The van der Waals surface area contributed by atoms with Gasteiger partial charge in [-0.3, -0.25) is 9.48 Å². The van der Waals surface area contributed by atoms with Crippen molar-refractivity contribution in [3.63, 3.8) is 0 Å². The van der Waals surface area contributed by atoms with Crippen molar-refractivity contribution in [2.24, 2.45) is 5.41 Å². The van der Waals surface area contributed by atoms with Gasteiger partial charge >= 0.3 is 0 Å². The third-order valence-corrected chi connectivity index (χ3v) is 3.90. The van der Waals surface area contributed by atoms with Crippen molar-refractivity contribution in [3.05, 3.63) is 12.4 Å². The Balaban J connectivity index is 1.52. The SMILES string of the molecule is CNC(=O)Cn1cc(NC2CC3(CC3)C2)cn1. The van der Waals surface area contributed by atoms with E-state index < -0.39 is 0 Å². The number of rotatable bonds is 4. The van der Waals surface area contributed by atoms with E-state index in [1.165, 1.54) is 25.7 Å². The Labute approximate surface area is 101 Å². The second-order valence-corrected chi connectivity index (χ2v) is 5.35. The van der Waals surface area contributed by atoms with Crippen molar-refractivity contribution in [1.82, 2.24) is 15.1 Å². The average Bonchev–Trinajstić information content (AvgIpc) is 2.94. The molecule has 0 bridgehead atoms. The lowest BCUT2D eigenvalue weighted by molar-refractivity contribution is -0.121. The minimum Gasteiger partial charge on any atom is -0.380 e. The predicted molar refractivity (Wildman–Crippen MR) is 64.6 cm³/mol. The van der Waals surface area contributed by atoms with Crippen LogP contribution in [0.2, 0.25) is 0 Å². The van der Waals surface area contributed by atoms with E-state index in [2.05, 4.69) is 15.7 Å². The van der Waals surface area contributed by atoms with Crippen LogP contribution >= 0.6 is 0 Å². The van der Waals surface area contributed by atoms with Crippen molar-refractivity contribution >= 4 is 11.6 Å². The molecule has 2 saturated carbocycles. The Hall–Kier alpha value is -1.52. The number of nitrogens with zero attached hydrogens (tertiary/aromatic N) is 2. The van der Waals surface area contributed by atoms with E-state index in [0.717, 1.165) is 11.1 Å². The van der Waals surface area contributed by atoms with Crippen LogP contribution in [-0.2, 0) is 11.3 Å². The third-order valence-electron chi connectivity index (χ3n) is 3.90. The highest BCUT2D eigenvalue weighted by Crippen LogP contribution is 2.61. The van der Waals surface area contributed by atoms with Crippen LogP contribution in [0.5, 0.6) is 0 Å². The minimum absolute atomic E-state index is 0.0276. The zero-order chi connectivity index (χ0) is 11.9. The first-order valence-electron chi connectivity index (χ1n) is 6.19. The summed E-state index contributed by atoms with van der Waals surface area (Å²) in [5.74, 6) is -0.0276. The second-order valence-electron chi connectivity index (χ2n) is 5.35. The van der Waals surface area contributed by atoms with Crippen LogP contribution in [0.1, 0.15) is 25.7 Å². The minimum atomic E-state index is -0.0276. The molecule has 2 fully saturated rings. The Morgan fingerprint density at radius 2 is 2.35 bits per heavy atom. The molecule has 0 unspecified atom stereocenters. The molecule has 1 heterocycles. The molecule has 2 aliphatic carbocycles. The number of nitrogens with one attached hydrogen (secondary N) is 2. The fourth-order valence-electron chi connectivity index (χ4n) is 2.66. The Morgan fingerprint density at radius 3 is 3.00 bits per heavy atom. The van der Waals surface area contributed by atoms with Crippen LogP contribution in [0.4, 0.5) is 5.69 Å². The van der Waals surface area contributed by atoms with Gasteiger partial charge in [-0.2, -0.15) is 5.10 Å². The molecule has 2 N–H and O–H groups in total. The zero-order valence-corrected chi connectivity index (χ0v) is 10.1. The van der Waals surface area contributed by atoms with E-state index in [-0.39, 0.29) is 12.5 Å². The first kappa shape index (κ1) is 10.6. The number of hydrogen-bond acceptors (Lipinski definition) is 3. The maximum atomic E-state index is 11.2. The number of anilines is 1. The molecule has 3 rings (SSSR count). The molecule has 0 aromatic carbocycles. The molecule has 0 radical (unpaired) electrons. The highest BCUT2D eigenvalue weighted by Gasteiger charge is 2.52. The van der Waals surface area contributed by atoms with E-state index >= 15 is 0 Å². The summed E-state index contributed by atoms with van der Waals surface area (Å²) in [7, 11) is 1.63. The molecular formula is C12H18N4O. The number of aromatic nitrogens is 2. The van der Waals surface area contributed by atoms with Gasteiger partial charge in [-0.25, -0.2) is 0 Å². The van der Waals surface area contributed by atoms with Crippen LogP contribution in [-0.4, -0.2) is 28.8 Å². The van der Waals surface area contributed by atoms with Crippen LogP contribution in [0.3, 0.4) is 0 Å². The molecule has 0 atom stereocenters. The van der Waals surface area contributed by atoms with Gasteiger partial charge in [-0.15, -0.1) is 0 Å². The molecule has 5 nitrogen and oxygen atoms in total. The second kappa shape index (κ2) is 3.75. The van der Waals surface area contributed by atoms with Gasteiger partial charge in [0.15, 0.2) is 0 Å². The summed E-state index contributed by atoms with van der Waals surface area (Å²) in [6, 6.07) is 0.607. The van der Waals surface area contributed by atoms with Crippen LogP contribution in [0, 0.1) is 5.41 Å². The number of hydrogen-bond donors (Lipinski definition) is 2. The molecule has 92 valence electrons. The molecule has 2 aliphatic rings. The smallest absolute Gasteiger partial charge is 0.241 e. The summed E-state index contributed by atoms with van der Waals surface area (Å²) in [4.78, 5) is 11.2. The highest BCUT2D eigenvalue weighted by molar-refractivity contribution is 5.75. The summed E-state index contributed by atoms with van der Waals surface area (Å²) in [6.07, 6.45) is 9.12. The third kappa shape index (κ3) is 2.14. The summed E-state index contributed by atoms with van der Waals surface area (Å²) >= 11 is 0. The normalized spacial score (nSPS) is 21.0. The largest absolute Gasteiger partial charge is 0.380 e. The zero-order valence-electron chi connectivity index (χ0n) is 10.1. The van der Waals surface area contributed by atoms with E-state index in [1.54, 1.807) is 17.9 Å². The topological polar surface area (TPSA) is 59.0 Å². The number of amides is 1. The van der Waals surface area contributed by atoms with E-state index in [9.17, 15) is 4.79 Å². The van der Waals surface area contributed by atoms with Gasteiger partial charge in [0.1, 0.15) is 6.54 Å².